The number of carbonyl (C=O) groups excluding carboxylic acids is 3. The number of unbranched alkanes of at least 4 members (excludes halogenated alkanes) is 37. The molecule has 0 radical (unpaired) electrons. The second kappa shape index (κ2) is 67.1. The van der Waals surface area contributed by atoms with Crippen molar-refractivity contribution in [3.8, 4) is 0 Å². The quantitative estimate of drug-likeness (QED) is 0.0261. The van der Waals surface area contributed by atoms with Gasteiger partial charge < -0.3 is 14.2 Å². The summed E-state index contributed by atoms with van der Waals surface area (Å²) in [5.74, 6) is -0.895. The van der Waals surface area contributed by atoms with Gasteiger partial charge in [0, 0.05) is 19.3 Å². The van der Waals surface area contributed by atoms with Crippen LogP contribution < -0.4 is 0 Å². The van der Waals surface area contributed by atoms with E-state index in [2.05, 4.69) is 106 Å². The highest BCUT2D eigenvalue weighted by atomic mass is 16.6. The van der Waals surface area contributed by atoms with Gasteiger partial charge in [-0.2, -0.15) is 0 Å². The van der Waals surface area contributed by atoms with Crippen LogP contribution in [-0.4, -0.2) is 37.2 Å². The lowest BCUT2D eigenvalue weighted by atomic mass is 10.0. The molecule has 1 unspecified atom stereocenters. The second-order valence-electron chi connectivity index (χ2n) is 22.7. The van der Waals surface area contributed by atoms with E-state index < -0.39 is 6.10 Å². The van der Waals surface area contributed by atoms with Crippen LogP contribution in [0.15, 0.2) is 85.1 Å². The largest absolute Gasteiger partial charge is 0.462 e. The Labute approximate surface area is 490 Å². The fraction of sp³-hybridized carbons (Fsp3) is 0.767. The van der Waals surface area contributed by atoms with Gasteiger partial charge in [-0.15, -0.1) is 0 Å². The standard InChI is InChI=1S/C73H128O6/c1-4-7-10-13-16-19-22-25-28-31-33-35-36-38-39-42-45-48-51-54-57-60-63-66-72(75)78-69-70(68-77-71(74)65-62-59-56-53-50-47-44-41-30-27-24-21-18-15-12-9-6-3)79-73(76)67-64-61-58-55-52-49-46-43-40-37-34-32-29-26-23-20-17-14-11-8-5-2/h7,10,16,19,25,27-28,30,33,35,38-39,45,48,70H,4-6,8-9,11-15,17-18,20-24,26,29,31-32,34,36-37,40-44,46-47,49-69H2,1-3H3/b10-7-,19-16-,28-25-,30-27-,35-33-,39-38-,48-45-. The summed E-state index contributed by atoms with van der Waals surface area (Å²) in [5, 5.41) is 0. The van der Waals surface area contributed by atoms with Crippen LogP contribution in [0.3, 0.4) is 0 Å². The molecule has 79 heavy (non-hydrogen) atoms. The number of ether oxygens (including phenoxy) is 3. The number of carbonyl (C=O) groups is 3. The molecule has 0 rings (SSSR count). The Balaban J connectivity index is 4.41. The molecule has 0 spiro atoms. The second-order valence-corrected chi connectivity index (χ2v) is 22.7. The molecule has 0 saturated heterocycles. The van der Waals surface area contributed by atoms with Crippen molar-refractivity contribution in [3.05, 3.63) is 85.1 Å². The van der Waals surface area contributed by atoms with Gasteiger partial charge in [-0.05, 0) is 96.3 Å². The molecule has 0 aromatic rings. The predicted octanol–water partition coefficient (Wildman–Crippen LogP) is 23.4. The maximum absolute atomic E-state index is 13.0. The molecule has 1 atom stereocenters. The molecule has 0 aromatic carbocycles. The van der Waals surface area contributed by atoms with Gasteiger partial charge >= 0.3 is 17.9 Å². The molecule has 0 aliphatic heterocycles. The summed E-state index contributed by atoms with van der Waals surface area (Å²) < 4.78 is 17.0. The Kier molecular flexibility index (Phi) is 64.2. The third-order valence-corrected chi connectivity index (χ3v) is 14.9. The number of rotatable bonds is 62. The molecule has 0 N–H and O–H groups in total. The summed E-state index contributed by atoms with van der Waals surface area (Å²) in [7, 11) is 0. The Hall–Kier alpha value is -3.41. The normalized spacial score (nSPS) is 12.6. The van der Waals surface area contributed by atoms with E-state index >= 15 is 0 Å². The van der Waals surface area contributed by atoms with Crippen LogP contribution in [0.1, 0.15) is 342 Å². The monoisotopic (exact) mass is 1100 g/mol. The first kappa shape index (κ1) is 75.6. The Morgan fingerprint density at radius 2 is 0.494 bits per heavy atom. The minimum absolute atomic E-state index is 0.0842. The van der Waals surface area contributed by atoms with Crippen molar-refractivity contribution >= 4 is 17.9 Å². The van der Waals surface area contributed by atoms with Crippen LogP contribution in [0.5, 0.6) is 0 Å². The summed E-state index contributed by atoms with van der Waals surface area (Å²) in [6.45, 7) is 6.55. The number of hydrogen-bond donors (Lipinski definition) is 0. The summed E-state index contributed by atoms with van der Waals surface area (Å²) in [4.78, 5) is 38.4. The van der Waals surface area contributed by atoms with Crippen LogP contribution in [-0.2, 0) is 28.6 Å². The molecule has 0 saturated carbocycles. The molecule has 0 aliphatic carbocycles. The molecule has 0 aliphatic rings. The van der Waals surface area contributed by atoms with Crippen LogP contribution >= 0.6 is 0 Å². The van der Waals surface area contributed by atoms with Crippen LogP contribution in [0, 0.1) is 0 Å². The molecule has 0 aromatic heterocycles. The van der Waals surface area contributed by atoms with Gasteiger partial charge in [0.2, 0.25) is 0 Å². The van der Waals surface area contributed by atoms with Crippen molar-refractivity contribution in [1.29, 1.82) is 0 Å². The van der Waals surface area contributed by atoms with E-state index in [0.717, 1.165) is 109 Å². The van der Waals surface area contributed by atoms with Gasteiger partial charge in [0.1, 0.15) is 13.2 Å². The summed E-state index contributed by atoms with van der Waals surface area (Å²) in [6.07, 6.45) is 88.8. The van der Waals surface area contributed by atoms with E-state index in [9.17, 15) is 14.4 Å². The van der Waals surface area contributed by atoms with Crippen molar-refractivity contribution in [3.63, 3.8) is 0 Å². The van der Waals surface area contributed by atoms with Crippen molar-refractivity contribution in [2.75, 3.05) is 13.2 Å². The molecule has 0 amide bonds. The smallest absolute Gasteiger partial charge is 0.306 e. The molecule has 6 heteroatoms. The highest BCUT2D eigenvalue weighted by molar-refractivity contribution is 5.71. The highest BCUT2D eigenvalue weighted by Gasteiger charge is 2.19. The zero-order valence-electron chi connectivity index (χ0n) is 52.4. The van der Waals surface area contributed by atoms with Crippen molar-refractivity contribution < 1.29 is 28.6 Å². The third kappa shape index (κ3) is 65.3. The van der Waals surface area contributed by atoms with Gasteiger partial charge in [-0.3, -0.25) is 14.4 Å². The van der Waals surface area contributed by atoms with E-state index in [1.165, 1.54) is 193 Å². The Morgan fingerprint density at radius 1 is 0.266 bits per heavy atom. The van der Waals surface area contributed by atoms with Crippen LogP contribution in [0.25, 0.3) is 0 Å². The van der Waals surface area contributed by atoms with Crippen LogP contribution in [0.2, 0.25) is 0 Å². The Morgan fingerprint density at radius 3 is 0.785 bits per heavy atom. The minimum Gasteiger partial charge on any atom is -0.462 e. The summed E-state index contributed by atoms with van der Waals surface area (Å²) in [6, 6.07) is 0. The van der Waals surface area contributed by atoms with Gasteiger partial charge in [0.05, 0.1) is 0 Å². The van der Waals surface area contributed by atoms with Crippen LogP contribution in [0.4, 0.5) is 0 Å². The predicted molar refractivity (Wildman–Crippen MR) is 344 cm³/mol. The topological polar surface area (TPSA) is 78.9 Å². The van der Waals surface area contributed by atoms with Gasteiger partial charge in [-0.25, -0.2) is 0 Å². The number of esters is 3. The number of hydrogen-bond acceptors (Lipinski definition) is 6. The third-order valence-electron chi connectivity index (χ3n) is 14.9. The molecule has 0 bridgehead atoms. The van der Waals surface area contributed by atoms with E-state index in [1.807, 2.05) is 0 Å². The molecule has 0 heterocycles. The molecule has 456 valence electrons. The van der Waals surface area contributed by atoms with E-state index in [0.29, 0.717) is 19.3 Å². The summed E-state index contributed by atoms with van der Waals surface area (Å²) in [5.41, 5.74) is 0. The maximum atomic E-state index is 13.0. The maximum Gasteiger partial charge on any atom is 0.306 e. The zero-order valence-corrected chi connectivity index (χ0v) is 52.4. The first-order valence-corrected chi connectivity index (χ1v) is 34.1. The average Bonchev–Trinajstić information content (AvgIpc) is 3.45. The molecule has 6 nitrogen and oxygen atoms in total. The lowest BCUT2D eigenvalue weighted by Gasteiger charge is -2.18. The van der Waals surface area contributed by atoms with Gasteiger partial charge in [-0.1, -0.05) is 311 Å². The van der Waals surface area contributed by atoms with Gasteiger partial charge in [0.25, 0.3) is 0 Å². The van der Waals surface area contributed by atoms with Crippen molar-refractivity contribution in [2.45, 2.75) is 348 Å². The summed E-state index contributed by atoms with van der Waals surface area (Å²) >= 11 is 0. The Bertz CT molecular complexity index is 1500. The van der Waals surface area contributed by atoms with Gasteiger partial charge in [0.15, 0.2) is 6.10 Å². The average molecular weight is 1100 g/mol. The van der Waals surface area contributed by atoms with Crippen molar-refractivity contribution in [1.82, 2.24) is 0 Å². The highest BCUT2D eigenvalue weighted by Crippen LogP contribution is 2.17. The molecule has 0 fully saturated rings. The first-order valence-electron chi connectivity index (χ1n) is 34.1. The fourth-order valence-electron chi connectivity index (χ4n) is 9.80. The minimum atomic E-state index is -0.790. The van der Waals surface area contributed by atoms with E-state index in [1.54, 1.807) is 0 Å². The van der Waals surface area contributed by atoms with E-state index in [4.69, 9.17) is 14.2 Å². The molecular formula is C73H128O6. The molecular weight excluding hydrogens is 973 g/mol. The lowest BCUT2D eigenvalue weighted by Crippen LogP contribution is -2.30. The zero-order chi connectivity index (χ0) is 57.1. The first-order chi connectivity index (χ1) is 39.0. The van der Waals surface area contributed by atoms with E-state index in [-0.39, 0.29) is 31.1 Å². The number of allylic oxidation sites excluding steroid dienone is 14. The SMILES string of the molecule is CC/C=C\C/C=C\C/C=C\C/C=C\C/C=C\C/C=C\CCCCCCC(=O)OCC(COC(=O)CCCCCCCCC/C=C\CCCCCCCC)OC(=O)CCCCCCCCCCCCCCCCCCCCCCC. The fourth-order valence-corrected chi connectivity index (χ4v) is 9.80. The van der Waals surface area contributed by atoms with Crippen molar-refractivity contribution in [2.24, 2.45) is 0 Å². The lowest BCUT2D eigenvalue weighted by molar-refractivity contribution is -0.167.